The Labute approximate surface area is 157 Å². The first-order valence-corrected chi connectivity index (χ1v) is 10.3. The van der Waals surface area contributed by atoms with Gasteiger partial charge in [0.15, 0.2) is 9.84 Å². The van der Waals surface area contributed by atoms with Crippen LogP contribution in [0, 0.1) is 10.1 Å². The zero-order valence-electron chi connectivity index (χ0n) is 15.1. The van der Waals surface area contributed by atoms with Crippen molar-refractivity contribution in [1.29, 1.82) is 0 Å². The molecule has 2 aromatic rings. The summed E-state index contributed by atoms with van der Waals surface area (Å²) in [4.78, 5) is 12.7. The number of anilines is 2. The molecule has 1 aliphatic rings. The lowest BCUT2D eigenvalue weighted by Crippen LogP contribution is -2.26. The van der Waals surface area contributed by atoms with Crippen LogP contribution in [0.5, 0.6) is 5.75 Å². The molecule has 1 aliphatic heterocycles. The van der Waals surface area contributed by atoms with E-state index in [4.69, 9.17) is 4.74 Å². The van der Waals surface area contributed by atoms with Crippen LogP contribution in [0.15, 0.2) is 47.4 Å². The van der Waals surface area contributed by atoms with Gasteiger partial charge in [-0.1, -0.05) is 18.2 Å². The van der Waals surface area contributed by atoms with Gasteiger partial charge in [0.2, 0.25) is 0 Å². The van der Waals surface area contributed by atoms with Crippen LogP contribution in [-0.2, 0) is 9.84 Å². The molecule has 0 saturated carbocycles. The summed E-state index contributed by atoms with van der Waals surface area (Å²) >= 11 is 0. The number of methoxy groups -OCH3 is 1. The van der Waals surface area contributed by atoms with E-state index in [0.717, 1.165) is 30.7 Å². The fraction of sp³-hybridized carbons (Fsp3) is 0.333. The maximum atomic E-state index is 11.9. The summed E-state index contributed by atoms with van der Waals surface area (Å²) in [7, 11) is -2.09. The number of sulfone groups is 1. The average molecular weight is 391 g/mol. The fourth-order valence-electron chi connectivity index (χ4n) is 3.33. The van der Waals surface area contributed by atoms with E-state index in [1.807, 2.05) is 24.3 Å². The molecule has 0 amide bonds. The largest absolute Gasteiger partial charge is 0.495 e. The topological polar surface area (TPSA) is 102 Å². The van der Waals surface area contributed by atoms with E-state index in [-0.39, 0.29) is 16.6 Å². The third-order valence-corrected chi connectivity index (χ3v) is 5.68. The molecule has 2 aromatic carbocycles. The Morgan fingerprint density at radius 3 is 2.63 bits per heavy atom. The predicted molar refractivity (Wildman–Crippen MR) is 103 cm³/mol. The van der Waals surface area contributed by atoms with Gasteiger partial charge in [0.05, 0.1) is 17.7 Å². The highest BCUT2D eigenvalue weighted by Crippen LogP contribution is 2.35. The van der Waals surface area contributed by atoms with Crippen LogP contribution in [0.1, 0.15) is 6.42 Å². The van der Waals surface area contributed by atoms with Crippen LogP contribution in [-0.4, -0.2) is 45.8 Å². The molecule has 27 heavy (non-hydrogen) atoms. The summed E-state index contributed by atoms with van der Waals surface area (Å²) in [6.07, 6.45) is 1.73. The van der Waals surface area contributed by atoms with Gasteiger partial charge >= 0.3 is 5.69 Å². The number of rotatable bonds is 6. The summed E-state index contributed by atoms with van der Waals surface area (Å²) in [5.74, 6) is 0.767. The van der Waals surface area contributed by atoms with Crippen LogP contribution in [0.2, 0.25) is 0 Å². The van der Waals surface area contributed by atoms with Crippen LogP contribution in [0.3, 0.4) is 0 Å². The number of hydrogen-bond acceptors (Lipinski definition) is 7. The Morgan fingerprint density at radius 2 is 1.96 bits per heavy atom. The quantitative estimate of drug-likeness (QED) is 0.597. The van der Waals surface area contributed by atoms with E-state index in [1.165, 1.54) is 12.1 Å². The smallest absolute Gasteiger partial charge is 0.310 e. The summed E-state index contributed by atoms with van der Waals surface area (Å²) < 4.78 is 29.2. The van der Waals surface area contributed by atoms with E-state index in [1.54, 1.807) is 13.2 Å². The van der Waals surface area contributed by atoms with Crippen molar-refractivity contribution in [2.24, 2.45) is 0 Å². The van der Waals surface area contributed by atoms with Crippen molar-refractivity contribution in [3.8, 4) is 5.75 Å². The molecular formula is C18H21N3O5S. The first kappa shape index (κ1) is 19.0. The standard InChI is InChI=1S/C18H21N3O5S/c1-26-16-8-4-3-7-15(16)20-11-10-13(12-20)19-14-6-5-9-17(27(2,24)25)18(14)21(22)23/h3-9,13,19H,10-12H2,1-2H3. The third-order valence-electron chi connectivity index (χ3n) is 4.55. The summed E-state index contributed by atoms with van der Waals surface area (Å²) in [5.41, 5.74) is 0.772. The number of benzene rings is 2. The molecule has 1 N–H and O–H groups in total. The number of hydrogen-bond donors (Lipinski definition) is 1. The molecule has 1 unspecified atom stereocenters. The van der Waals surface area contributed by atoms with Gasteiger partial charge in [0.25, 0.3) is 0 Å². The van der Waals surface area contributed by atoms with E-state index in [2.05, 4.69) is 10.2 Å². The minimum Gasteiger partial charge on any atom is -0.495 e. The summed E-state index contributed by atoms with van der Waals surface area (Å²) in [6.45, 7) is 1.39. The average Bonchev–Trinajstić information content (AvgIpc) is 3.09. The highest BCUT2D eigenvalue weighted by atomic mass is 32.2. The highest BCUT2D eigenvalue weighted by Gasteiger charge is 2.30. The number of nitro benzene ring substituents is 1. The minimum absolute atomic E-state index is 0.0524. The molecule has 0 bridgehead atoms. The van der Waals surface area contributed by atoms with Crippen molar-refractivity contribution >= 4 is 26.9 Å². The molecule has 1 heterocycles. The fourth-order valence-corrected chi connectivity index (χ4v) is 4.20. The molecule has 3 rings (SSSR count). The SMILES string of the molecule is COc1ccccc1N1CCC(Nc2cccc(S(C)(=O)=O)c2[N+](=O)[O-])C1. The van der Waals surface area contributed by atoms with Gasteiger partial charge in [-0.3, -0.25) is 10.1 Å². The third kappa shape index (κ3) is 3.97. The molecule has 0 aromatic heterocycles. The van der Waals surface area contributed by atoms with Gasteiger partial charge in [0, 0.05) is 25.4 Å². The zero-order chi connectivity index (χ0) is 19.6. The number of nitrogens with zero attached hydrogens (tertiary/aromatic N) is 2. The van der Waals surface area contributed by atoms with Gasteiger partial charge in [-0.2, -0.15) is 0 Å². The van der Waals surface area contributed by atoms with Crippen LogP contribution < -0.4 is 15.0 Å². The number of nitro groups is 1. The Morgan fingerprint density at radius 1 is 1.22 bits per heavy atom. The first-order chi connectivity index (χ1) is 12.8. The van der Waals surface area contributed by atoms with Crippen molar-refractivity contribution in [3.63, 3.8) is 0 Å². The number of para-hydroxylation sites is 3. The monoisotopic (exact) mass is 391 g/mol. The first-order valence-electron chi connectivity index (χ1n) is 8.43. The van der Waals surface area contributed by atoms with Crippen LogP contribution in [0.4, 0.5) is 17.1 Å². The molecule has 0 aliphatic carbocycles. The van der Waals surface area contributed by atoms with Gasteiger partial charge in [-0.05, 0) is 30.7 Å². The van der Waals surface area contributed by atoms with Crippen LogP contribution >= 0.6 is 0 Å². The molecule has 9 heteroatoms. The number of nitrogens with one attached hydrogen (secondary N) is 1. The van der Waals surface area contributed by atoms with E-state index in [9.17, 15) is 18.5 Å². The molecule has 0 spiro atoms. The van der Waals surface area contributed by atoms with Gasteiger partial charge in [-0.25, -0.2) is 8.42 Å². The molecule has 1 saturated heterocycles. The Bertz CT molecular complexity index is 961. The van der Waals surface area contributed by atoms with E-state index < -0.39 is 20.4 Å². The summed E-state index contributed by atoms with van der Waals surface area (Å²) in [5, 5.41) is 14.7. The van der Waals surface area contributed by atoms with Crippen molar-refractivity contribution in [1.82, 2.24) is 0 Å². The summed E-state index contributed by atoms with van der Waals surface area (Å²) in [6, 6.07) is 11.9. The number of ether oxygens (including phenoxy) is 1. The highest BCUT2D eigenvalue weighted by molar-refractivity contribution is 7.90. The lowest BCUT2D eigenvalue weighted by Gasteiger charge is -2.21. The lowest BCUT2D eigenvalue weighted by molar-refractivity contribution is -0.386. The molecule has 0 radical (unpaired) electrons. The Balaban J connectivity index is 1.84. The molecule has 1 atom stereocenters. The second-order valence-corrected chi connectivity index (χ2v) is 8.41. The maximum Gasteiger partial charge on any atom is 0.310 e. The van der Waals surface area contributed by atoms with Crippen molar-refractivity contribution in [2.45, 2.75) is 17.4 Å². The van der Waals surface area contributed by atoms with Crippen molar-refractivity contribution in [2.75, 3.05) is 36.7 Å². The molecule has 8 nitrogen and oxygen atoms in total. The predicted octanol–water partition coefficient (Wildman–Crippen LogP) is 2.70. The zero-order valence-corrected chi connectivity index (χ0v) is 15.9. The molecular weight excluding hydrogens is 370 g/mol. The second-order valence-electron chi connectivity index (χ2n) is 6.43. The molecule has 144 valence electrons. The Hall–Kier alpha value is -2.81. The van der Waals surface area contributed by atoms with Gasteiger partial charge in [0.1, 0.15) is 16.3 Å². The minimum atomic E-state index is -3.71. The van der Waals surface area contributed by atoms with Gasteiger partial charge < -0.3 is 15.0 Å². The van der Waals surface area contributed by atoms with Gasteiger partial charge in [-0.15, -0.1) is 0 Å². The lowest BCUT2D eigenvalue weighted by atomic mass is 10.2. The van der Waals surface area contributed by atoms with E-state index in [0.29, 0.717) is 6.54 Å². The Kier molecular flexibility index (Phi) is 5.22. The van der Waals surface area contributed by atoms with Crippen molar-refractivity contribution < 1.29 is 18.1 Å². The van der Waals surface area contributed by atoms with E-state index >= 15 is 0 Å². The van der Waals surface area contributed by atoms with Crippen LogP contribution in [0.25, 0.3) is 0 Å². The molecule has 1 fully saturated rings. The van der Waals surface area contributed by atoms with Crippen molar-refractivity contribution in [3.05, 3.63) is 52.6 Å². The maximum absolute atomic E-state index is 11.9. The second kappa shape index (κ2) is 7.43. The normalized spacial score (nSPS) is 17.0.